The first-order valence-corrected chi connectivity index (χ1v) is 12.3. The van der Waals surface area contributed by atoms with Crippen molar-refractivity contribution in [3.63, 3.8) is 0 Å². The first-order chi connectivity index (χ1) is 15.8. The quantitative estimate of drug-likeness (QED) is 0.513. The normalized spacial score (nSPS) is 15.9. The van der Waals surface area contributed by atoms with Crippen molar-refractivity contribution in [3.8, 4) is 0 Å². The molecule has 33 heavy (non-hydrogen) atoms. The number of anilines is 2. The number of benzene rings is 3. The number of halogens is 2. The van der Waals surface area contributed by atoms with Gasteiger partial charge in [-0.15, -0.1) is 0 Å². The predicted octanol–water partition coefficient (Wildman–Crippen LogP) is 4.54. The van der Waals surface area contributed by atoms with E-state index >= 15 is 0 Å². The van der Waals surface area contributed by atoms with Crippen LogP contribution >= 0.6 is 11.6 Å². The van der Waals surface area contributed by atoms with Gasteiger partial charge in [0.25, 0.3) is 15.9 Å². The molecule has 1 amide bonds. The molecular formula is C24H23ClFN3O3S. The van der Waals surface area contributed by atoms with Gasteiger partial charge in [-0.05, 0) is 66.9 Å². The summed E-state index contributed by atoms with van der Waals surface area (Å²) in [6.45, 7) is 2.04. The van der Waals surface area contributed by atoms with E-state index in [9.17, 15) is 17.6 Å². The van der Waals surface area contributed by atoms with Gasteiger partial charge in [-0.2, -0.15) is 0 Å². The molecule has 2 N–H and O–H groups in total. The maximum absolute atomic E-state index is 13.1. The molecule has 0 radical (unpaired) electrons. The van der Waals surface area contributed by atoms with Crippen LogP contribution in [0.4, 0.5) is 15.8 Å². The van der Waals surface area contributed by atoms with Crippen LogP contribution in [0, 0.1) is 11.7 Å². The molecule has 1 aliphatic rings. The molecule has 0 bridgehead atoms. The highest BCUT2D eigenvalue weighted by Gasteiger charge is 2.24. The van der Waals surface area contributed by atoms with E-state index in [2.05, 4.69) is 14.9 Å². The zero-order valence-electron chi connectivity index (χ0n) is 17.7. The molecule has 172 valence electrons. The molecule has 1 aliphatic heterocycles. The third-order valence-corrected chi connectivity index (χ3v) is 7.25. The van der Waals surface area contributed by atoms with Crippen LogP contribution in [0.15, 0.2) is 77.7 Å². The van der Waals surface area contributed by atoms with Crippen molar-refractivity contribution in [2.75, 3.05) is 29.3 Å². The number of nitrogens with one attached hydrogen (secondary N) is 2. The highest BCUT2D eigenvalue weighted by Crippen LogP contribution is 2.25. The van der Waals surface area contributed by atoms with Crippen LogP contribution in [0.2, 0.25) is 5.02 Å². The zero-order chi connectivity index (χ0) is 23.4. The van der Waals surface area contributed by atoms with E-state index in [-0.39, 0.29) is 38.8 Å². The summed E-state index contributed by atoms with van der Waals surface area (Å²) in [5, 5.41) is 3.18. The Labute approximate surface area is 197 Å². The summed E-state index contributed by atoms with van der Waals surface area (Å²) in [7, 11) is -3.91. The Bertz CT molecular complexity index is 1250. The van der Waals surface area contributed by atoms with Gasteiger partial charge in [-0.25, -0.2) is 12.8 Å². The van der Waals surface area contributed by atoms with E-state index in [1.54, 1.807) is 42.5 Å². The molecule has 3 aromatic carbocycles. The van der Waals surface area contributed by atoms with E-state index in [1.807, 2.05) is 0 Å². The van der Waals surface area contributed by atoms with Crippen LogP contribution in [-0.2, 0) is 10.0 Å². The maximum atomic E-state index is 13.1. The fraction of sp³-hybridized carbons (Fsp3) is 0.208. The van der Waals surface area contributed by atoms with Gasteiger partial charge in [0.15, 0.2) is 0 Å². The van der Waals surface area contributed by atoms with Crippen LogP contribution < -0.4 is 14.9 Å². The van der Waals surface area contributed by atoms with Gasteiger partial charge in [-0.3, -0.25) is 9.52 Å². The van der Waals surface area contributed by atoms with Gasteiger partial charge < -0.3 is 10.2 Å². The Kier molecular flexibility index (Phi) is 6.85. The lowest BCUT2D eigenvalue weighted by atomic mass is 10.1. The third-order valence-electron chi connectivity index (χ3n) is 5.55. The Morgan fingerprint density at radius 3 is 2.58 bits per heavy atom. The van der Waals surface area contributed by atoms with Crippen molar-refractivity contribution in [2.24, 2.45) is 5.92 Å². The molecule has 1 saturated heterocycles. The lowest BCUT2D eigenvalue weighted by Crippen LogP contribution is -2.31. The zero-order valence-corrected chi connectivity index (χ0v) is 19.2. The monoisotopic (exact) mass is 487 g/mol. The van der Waals surface area contributed by atoms with Crippen molar-refractivity contribution < 1.29 is 17.6 Å². The van der Waals surface area contributed by atoms with Crippen molar-refractivity contribution in [2.45, 2.75) is 11.3 Å². The summed E-state index contributed by atoms with van der Waals surface area (Å²) >= 11 is 6.05. The Hall–Kier alpha value is -3.10. The van der Waals surface area contributed by atoms with Crippen LogP contribution in [0.5, 0.6) is 0 Å². The van der Waals surface area contributed by atoms with E-state index < -0.39 is 10.0 Å². The van der Waals surface area contributed by atoms with E-state index in [0.717, 1.165) is 25.2 Å². The third kappa shape index (κ3) is 5.64. The Balaban J connectivity index is 1.37. The molecule has 0 spiro atoms. The minimum atomic E-state index is -3.91. The average molecular weight is 488 g/mol. The van der Waals surface area contributed by atoms with E-state index in [1.165, 1.54) is 30.3 Å². The molecule has 0 aliphatic carbocycles. The molecule has 0 aromatic heterocycles. The smallest absolute Gasteiger partial charge is 0.261 e. The maximum Gasteiger partial charge on any atom is 0.261 e. The van der Waals surface area contributed by atoms with Crippen molar-refractivity contribution >= 4 is 38.9 Å². The second-order valence-electron chi connectivity index (χ2n) is 7.90. The first kappa shape index (κ1) is 23.1. The lowest BCUT2D eigenvalue weighted by Gasteiger charge is -2.19. The minimum absolute atomic E-state index is 0.0292. The summed E-state index contributed by atoms with van der Waals surface area (Å²) < 4.78 is 41.1. The highest BCUT2D eigenvalue weighted by molar-refractivity contribution is 7.92. The number of para-hydroxylation sites is 1. The molecule has 1 heterocycles. The molecule has 4 rings (SSSR count). The molecule has 1 atom stereocenters. The predicted molar refractivity (Wildman–Crippen MR) is 128 cm³/mol. The van der Waals surface area contributed by atoms with Crippen LogP contribution in [-0.4, -0.2) is 34.0 Å². The van der Waals surface area contributed by atoms with E-state index in [0.29, 0.717) is 6.54 Å². The van der Waals surface area contributed by atoms with Crippen LogP contribution in [0.25, 0.3) is 0 Å². The largest absolute Gasteiger partial charge is 0.371 e. The molecule has 0 saturated carbocycles. The molecule has 3 aromatic rings. The SMILES string of the molecule is O=C(NCC1CCN(c2ccc(F)cc2)C1)c1cccc(S(=O)(=O)Nc2ccccc2Cl)c1. The number of amides is 1. The molecule has 6 nitrogen and oxygen atoms in total. The summed E-state index contributed by atoms with van der Waals surface area (Å²) in [5.41, 5.74) is 1.47. The first-order valence-electron chi connectivity index (χ1n) is 10.5. The fourth-order valence-corrected chi connectivity index (χ4v) is 5.14. The second-order valence-corrected chi connectivity index (χ2v) is 9.99. The number of sulfonamides is 1. The number of carbonyl (C=O) groups excluding carboxylic acids is 1. The van der Waals surface area contributed by atoms with Gasteiger partial charge in [0, 0.05) is 30.9 Å². The van der Waals surface area contributed by atoms with Gasteiger partial charge in [0.05, 0.1) is 15.6 Å². The molecule has 1 unspecified atom stereocenters. The number of hydrogen-bond acceptors (Lipinski definition) is 4. The van der Waals surface area contributed by atoms with Crippen molar-refractivity contribution in [1.29, 1.82) is 0 Å². The van der Waals surface area contributed by atoms with Gasteiger partial charge in [0.2, 0.25) is 0 Å². The summed E-state index contributed by atoms with van der Waals surface area (Å²) in [4.78, 5) is 14.8. The minimum Gasteiger partial charge on any atom is -0.371 e. The van der Waals surface area contributed by atoms with Crippen molar-refractivity contribution in [3.05, 3.63) is 89.2 Å². The van der Waals surface area contributed by atoms with Crippen LogP contribution in [0.1, 0.15) is 16.8 Å². The Morgan fingerprint density at radius 1 is 1.06 bits per heavy atom. The molecule has 1 fully saturated rings. The summed E-state index contributed by atoms with van der Waals surface area (Å²) in [5.74, 6) is -0.370. The summed E-state index contributed by atoms with van der Waals surface area (Å²) in [6.07, 6.45) is 0.897. The fourth-order valence-electron chi connectivity index (χ4n) is 3.78. The molecular weight excluding hydrogens is 465 g/mol. The second kappa shape index (κ2) is 9.80. The topological polar surface area (TPSA) is 78.5 Å². The van der Waals surface area contributed by atoms with Gasteiger partial charge in [0.1, 0.15) is 5.82 Å². The van der Waals surface area contributed by atoms with Crippen LogP contribution in [0.3, 0.4) is 0 Å². The standard InChI is InChI=1S/C24H23ClFN3O3S/c25-22-6-1-2-7-23(22)28-33(31,32)21-5-3-4-18(14-21)24(30)27-15-17-12-13-29(16-17)20-10-8-19(26)9-11-20/h1-11,14,17,28H,12-13,15-16H2,(H,27,30). The lowest BCUT2D eigenvalue weighted by molar-refractivity contribution is 0.0948. The Morgan fingerprint density at radius 2 is 1.82 bits per heavy atom. The average Bonchev–Trinajstić information content (AvgIpc) is 3.28. The number of carbonyl (C=O) groups is 1. The molecule has 9 heteroatoms. The van der Waals surface area contributed by atoms with Gasteiger partial charge in [-0.1, -0.05) is 29.8 Å². The van der Waals surface area contributed by atoms with Gasteiger partial charge >= 0.3 is 0 Å². The van der Waals surface area contributed by atoms with Crippen molar-refractivity contribution in [1.82, 2.24) is 5.32 Å². The number of hydrogen-bond donors (Lipinski definition) is 2. The van der Waals surface area contributed by atoms with E-state index in [4.69, 9.17) is 11.6 Å². The highest BCUT2D eigenvalue weighted by atomic mass is 35.5. The summed E-state index contributed by atoms with van der Waals surface area (Å²) in [6, 6.07) is 18.8. The number of rotatable bonds is 7. The number of nitrogens with zero attached hydrogens (tertiary/aromatic N) is 1.